The van der Waals surface area contributed by atoms with E-state index in [1.807, 2.05) is 0 Å². The maximum absolute atomic E-state index is 12.3. The molecule has 7 heteroatoms. The van der Waals surface area contributed by atoms with Crippen molar-refractivity contribution in [2.45, 2.75) is 19.6 Å². The van der Waals surface area contributed by atoms with Gasteiger partial charge in [0.1, 0.15) is 11.5 Å². The van der Waals surface area contributed by atoms with Crippen LogP contribution in [0.5, 0.6) is 0 Å². The van der Waals surface area contributed by atoms with E-state index in [2.05, 4.69) is 22.2 Å². The van der Waals surface area contributed by atoms with Gasteiger partial charge in [0.25, 0.3) is 0 Å². The predicted molar refractivity (Wildman–Crippen MR) is 61.7 cm³/mol. The Morgan fingerprint density at radius 3 is 2.82 bits per heavy atom. The summed E-state index contributed by atoms with van der Waals surface area (Å²) in [5, 5.41) is 3.00. The summed E-state index contributed by atoms with van der Waals surface area (Å²) in [7, 11) is 0. The first-order valence-corrected chi connectivity index (χ1v) is 6.37. The van der Waals surface area contributed by atoms with Crippen LogP contribution in [0.3, 0.4) is 0 Å². The Labute approximate surface area is 102 Å². The number of thioether (sulfide) groups is 1. The summed E-state index contributed by atoms with van der Waals surface area (Å²) in [5.74, 6) is 2.12. The maximum atomic E-state index is 12.3. The number of rotatable bonds is 6. The third-order valence-electron chi connectivity index (χ3n) is 1.91. The van der Waals surface area contributed by atoms with Gasteiger partial charge in [0.15, 0.2) is 0 Å². The molecule has 3 nitrogen and oxygen atoms in total. The summed E-state index contributed by atoms with van der Waals surface area (Å²) in [5.41, 5.74) is -0.896. The van der Waals surface area contributed by atoms with Gasteiger partial charge in [-0.2, -0.15) is 24.9 Å². The molecular formula is C10H14F3N3S. The second-order valence-electron chi connectivity index (χ2n) is 3.23. The van der Waals surface area contributed by atoms with Gasteiger partial charge in [-0.15, -0.1) is 0 Å². The summed E-state index contributed by atoms with van der Waals surface area (Å²) < 4.78 is 37.0. The first-order valence-electron chi connectivity index (χ1n) is 5.21. The molecule has 0 bridgehead atoms. The number of nitrogens with one attached hydrogen (secondary N) is 1. The van der Waals surface area contributed by atoms with Gasteiger partial charge >= 0.3 is 6.18 Å². The molecule has 1 heterocycles. The highest BCUT2D eigenvalue weighted by Gasteiger charge is 2.32. The van der Waals surface area contributed by atoms with Gasteiger partial charge in [-0.25, -0.2) is 9.97 Å². The fraction of sp³-hybridized carbons (Fsp3) is 0.600. The van der Waals surface area contributed by atoms with Gasteiger partial charge in [0, 0.05) is 18.5 Å². The standard InChI is InChI=1S/C10H14F3N3S/c1-2-17-6-5-14-7-9-15-4-3-8(16-9)10(11,12)13/h3-4,14H,2,5-7H2,1H3. The number of alkyl halides is 3. The lowest BCUT2D eigenvalue weighted by molar-refractivity contribution is -0.141. The molecule has 0 saturated heterocycles. The summed E-state index contributed by atoms with van der Waals surface area (Å²) in [6, 6.07) is 0.871. The first kappa shape index (κ1) is 14.2. The molecule has 0 spiro atoms. The average molecular weight is 265 g/mol. The lowest BCUT2D eigenvalue weighted by Crippen LogP contribution is -2.19. The minimum absolute atomic E-state index is 0.168. The molecule has 0 aromatic carbocycles. The van der Waals surface area contributed by atoms with Gasteiger partial charge in [0.2, 0.25) is 0 Å². The molecule has 1 N–H and O–H groups in total. The van der Waals surface area contributed by atoms with E-state index in [0.717, 1.165) is 30.3 Å². The lowest BCUT2D eigenvalue weighted by Gasteiger charge is -2.07. The van der Waals surface area contributed by atoms with Crippen molar-refractivity contribution in [3.8, 4) is 0 Å². The van der Waals surface area contributed by atoms with Gasteiger partial charge in [-0.1, -0.05) is 6.92 Å². The van der Waals surface area contributed by atoms with Gasteiger partial charge < -0.3 is 5.32 Å². The van der Waals surface area contributed by atoms with E-state index in [0.29, 0.717) is 0 Å². The predicted octanol–water partition coefficient (Wildman–Crippen LogP) is 2.34. The molecule has 96 valence electrons. The average Bonchev–Trinajstić information content (AvgIpc) is 2.28. The third-order valence-corrected chi connectivity index (χ3v) is 2.81. The monoisotopic (exact) mass is 265 g/mol. The molecule has 1 aromatic heterocycles. The van der Waals surface area contributed by atoms with Crippen LogP contribution in [0.2, 0.25) is 0 Å². The highest BCUT2D eigenvalue weighted by atomic mass is 32.2. The van der Waals surface area contributed by atoms with Crippen LogP contribution in [0, 0.1) is 0 Å². The van der Waals surface area contributed by atoms with Crippen molar-refractivity contribution in [1.29, 1.82) is 0 Å². The Morgan fingerprint density at radius 1 is 1.41 bits per heavy atom. The van der Waals surface area contributed by atoms with Crippen LogP contribution in [0.25, 0.3) is 0 Å². The highest BCUT2D eigenvalue weighted by Crippen LogP contribution is 2.26. The second kappa shape index (κ2) is 6.80. The molecule has 0 saturated carbocycles. The number of aromatic nitrogens is 2. The molecule has 0 aliphatic heterocycles. The summed E-state index contributed by atoms with van der Waals surface area (Å²) in [4.78, 5) is 7.25. The molecule has 0 unspecified atom stereocenters. The van der Waals surface area contributed by atoms with Crippen molar-refractivity contribution in [2.75, 3.05) is 18.1 Å². The Hall–Kier alpha value is -0.820. The van der Waals surface area contributed by atoms with Crippen molar-refractivity contribution < 1.29 is 13.2 Å². The Morgan fingerprint density at radius 2 is 2.18 bits per heavy atom. The molecule has 0 amide bonds. The van der Waals surface area contributed by atoms with Crippen LogP contribution in [0.15, 0.2) is 12.3 Å². The number of hydrogen-bond donors (Lipinski definition) is 1. The Balaban J connectivity index is 2.44. The summed E-state index contributed by atoms with van der Waals surface area (Å²) in [6.45, 7) is 3.05. The smallest absolute Gasteiger partial charge is 0.309 e. The van der Waals surface area contributed by atoms with Crippen LogP contribution in [-0.2, 0) is 12.7 Å². The highest BCUT2D eigenvalue weighted by molar-refractivity contribution is 7.99. The normalized spacial score (nSPS) is 11.8. The molecule has 1 rings (SSSR count). The van der Waals surface area contributed by atoms with Crippen LogP contribution < -0.4 is 5.32 Å². The van der Waals surface area contributed by atoms with Gasteiger partial charge in [0.05, 0.1) is 6.54 Å². The molecule has 0 radical (unpaired) electrons. The number of nitrogens with zero attached hydrogens (tertiary/aromatic N) is 2. The molecular weight excluding hydrogens is 251 g/mol. The number of hydrogen-bond acceptors (Lipinski definition) is 4. The van der Waals surface area contributed by atoms with Crippen LogP contribution >= 0.6 is 11.8 Å². The van der Waals surface area contributed by atoms with E-state index in [-0.39, 0.29) is 12.4 Å². The van der Waals surface area contributed by atoms with Gasteiger partial charge in [-0.3, -0.25) is 0 Å². The van der Waals surface area contributed by atoms with Crippen LogP contribution in [0.4, 0.5) is 13.2 Å². The van der Waals surface area contributed by atoms with E-state index in [1.54, 1.807) is 11.8 Å². The Bertz CT molecular complexity index is 344. The van der Waals surface area contributed by atoms with E-state index >= 15 is 0 Å². The fourth-order valence-electron chi connectivity index (χ4n) is 1.13. The minimum Gasteiger partial charge on any atom is -0.309 e. The minimum atomic E-state index is -4.41. The van der Waals surface area contributed by atoms with E-state index in [4.69, 9.17) is 0 Å². The first-order chi connectivity index (χ1) is 8.04. The molecule has 0 atom stereocenters. The molecule has 17 heavy (non-hydrogen) atoms. The third kappa shape index (κ3) is 5.36. The zero-order valence-corrected chi connectivity index (χ0v) is 10.2. The number of halogens is 3. The zero-order chi connectivity index (χ0) is 12.7. The summed E-state index contributed by atoms with van der Waals surface area (Å²) in [6.07, 6.45) is -3.27. The SMILES string of the molecule is CCSCCNCc1nccc(C(F)(F)F)n1. The van der Waals surface area contributed by atoms with Crippen molar-refractivity contribution in [3.63, 3.8) is 0 Å². The zero-order valence-electron chi connectivity index (χ0n) is 9.42. The lowest BCUT2D eigenvalue weighted by atomic mass is 10.4. The molecule has 0 fully saturated rings. The second-order valence-corrected chi connectivity index (χ2v) is 4.62. The van der Waals surface area contributed by atoms with E-state index in [1.165, 1.54) is 0 Å². The van der Waals surface area contributed by atoms with E-state index < -0.39 is 11.9 Å². The van der Waals surface area contributed by atoms with Crippen molar-refractivity contribution in [2.24, 2.45) is 0 Å². The van der Waals surface area contributed by atoms with Crippen molar-refractivity contribution >= 4 is 11.8 Å². The molecule has 0 aliphatic rings. The maximum Gasteiger partial charge on any atom is 0.433 e. The molecule has 1 aromatic rings. The fourth-order valence-corrected chi connectivity index (χ4v) is 1.71. The largest absolute Gasteiger partial charge is 0.433 e. The van der Waals surface area contributed by atoms with Crippen molar-refractivity contribution in [3.05, 3.63) is 23.8 Å². The van der Waals surface area contributed by atoms with Crippen molar-refractivity contribution in [1.82, 2.24) is 15.3 Å². The Kier molecular flexibility index (Phi) is 5.70. The van der Waals surface area contributed by atoms with E-state index in [9.17, 15) is 13.2 Å². The topological polar surface area (TPSA) is 37.8 Å². The quantitative estimate of drug-likeness (QED) is 0.801. The molecule has 0 aliphatic carbocycles. The van der Waals surface area contributed by atoms with Crippen LogP contribution in [-0.4, -0.2) is 28.0 Å². The van der Waals surface area contributed by atoms with Gasteiger partial charge in [-0.05, 0) is 11.8 Å². The summed E-state index contributed by atoms with van der Waals surface area (Å²) >= 11 is 1.77. The van der Waals surface area contributed by atoms with Crippen LogP contribution in [0.1, 0.15) is 18.4 Å².